The third-order valence-electron chi connectivity index (χ3n) is 3.81. The van der Waals surface area contributed by atoms with Gasteiger partial charge < -0.3 is 18.9 Å². The molecule has 0 radical (unpaired) electrons. The first-order valence-electron chi connectivity index (χ1n) is 7.33. The molecule has 0 unspecified atom stereocenters. The molecule has 0 saturated carbocycles. The zero-order chi connectivity index (χ0) is 16.3. The molecule has 1 aromatic rings. The summed E-state index contributed by atoms with van der Waals surface area (Å²) in [7, 11) is 5.41. The first-order chi connectivity index (χ1) is 10.5. The van der Waals surface area contributed by atoms with Crippen molar-refractivity contribution in [3.63, 3.8) is 0 Å². The molecule has 0 amide bonds. The predicted octanol–water partition coefficient (Wildman–Crippen LogP) is 2.77. The molecule has 2 heterocycles. The van der Waals surface area contributed by atoms with Gasteiger partial charge in [-0.3, -0.25) is 0 Å². The van der Waals surface area contributed by atoms with E-state index in [4.69, 9.17) is 14.5 Å². The van der Waals surface area contributed by atoms with Gasteiger partial charge in [-0.05, 0) is 25.5 Å². The van der Waals surface area contributed by atoms with Crippen LogP contribution in [0, 0.1) is 6.92 Å². The molecule has 0 N–H and O–H groups in total. The summed E-state index contributed by atoms with van der Waals surface area (Å²) in [5.41, 5.74) is 4.19. The first-order valence-corrected chi connectivity index (χ1v) is 7.33. The molecule has 22 heavy (non-hydrogen) atoms. The fourth-order valence-electron chi connectivity index (χ4n) is 2.64. The van der Waals surface area contributed by atoms with E-state index in [2.05, 4.69) is 30.3 Å². The van der Waals surface area contributed by atoms with Gasteiger partial charge in [0, 0.05) is 44.9 Å². The van der Waals surface area contributed by atoms with Gasteiger partial charge in [-0.2, -0.15) is 0 Å². The zero-order valence-corrected chi connectivity index (χ0v) is 14.1. The number of likely N-dealkylation sites (N-methyl/N-ethyl adjacent to an activating group) is 1. The van der Waals surface area contributed by atoms with Crippen molar-refractivity contribution in [3.05, 3.63) is 47.8 Å². The molecule has 2 rings (SSSR count). The number of rotatable bonds is 6. The highest BCUT2D eigenvalue weighted by atomic mass is 16.5. The predicted molar refractivity (Wildman–Crippen MR) is 88.4 cm³/mol. The highest BCUT2D eigenvalue weighted by molar-refractivity contribution is 5.73. The number of aromatic nitrogens is 2. The van der Waals surface area contributed by atoms with Gasteiger partial charge in [-0.25, -0.2) is 4.98 Å². The Balaban J connectivity index is 2.44. The maximum atomic E-state index is 5.33. The Morgan fingerprint density at radius 3 is 2.41 bits per heavy atom. The lowest BCUT2D eigenvalue weighted by molar-refractivity contribution is 0.0890. The first kappa shape index (κ1) is 16.5. The minimum atomic E-state index is 0.0937. The van der Waals surface area contributed by atoms with Crippen molar-refractivity contribution in [2.45, 2.75) is 19.9 Å². The number of methoxy groups -OCH3 is 2. The fraction of sp³-hybridized carbons (Fsp3) is 0.471. The van der Waals surface area contributed by atoms with Gasteiger partial charge in [0.2, 0.25) is 0 Å². The molecule has 0 bridgehead atoms. The number of nitrogens with zero attached hydrogens (tertiary/aromatic N) is 3. The van der Waals surface area contributed by atoms with Crippen molar-refractivity contribution >= 4 is 5.57 Å². The van der Waals surface area contributed by atoms with Gasteiger partial charge >= 0.3 is 0 Å². The molecule has 1 aliphatic heterocycles. The largest absolute Gasteiger partial charge is 0.382 e. The average molecular weight is 303 g/mol. The number of hydrogen-bond donors (Lipinski definition) is 0. The van der Waals surface area contributed by atoms with E-state index in [1.807, 2.05) is 25.1 Å². The van der Waals surface area contributed by atoms with Crippen molar-refractivity contribution in [1.29, 1.82) is 0 Å². The quantitative estimate of drug-likeness (QED) is 0.810. The zero-order valence-electron chi connectivity index (χ0n) is 14.1. The van der Waals surface area contributed by atoms with Crippen LogP contribution in [0.15, 0.2) is 36.3 Å². The minimum absolute atomic E-state index is 0.0937. The summed E-state index contributed by atoms with van der Waals surface area (Å²) in [5.74, 6) is 0.926. The Labute approximate surface area is 132 Å². The summed E-state index contributed by atoms with van der Waals surface area (Å²) in [6.45, 7) is 9.29. The SMILES string of the molecule is C=C1C(C)=CC(c2nc(C)cn2C(COC)COC)=CN1C. The minimum Gasteiger partial charge on any atom is -0.382 e. The number of aryl methyl sites for hydroxylation is 1. The third-order valence-corrected chi connectivity index (χ3v) is 3.81. The van der Waals surface area contributed by atoms with Crippen LogP contribution in [0.5, 0.6) is 0 Å². The topological polar surface area (TPSA) is 39.5 Å². The normalized spacial score (nSPS) is 15.4. The lowest BCUT2D eigenvalue weighted by Crippen LogP contribution is -2.22. The average Bonchev–Trinajstić information content (AvgIpc) is 2.86. The molecule has 0 atom stereocenters. The smallest absolute Gasteiger partial charge is 0.142 e. The standard InChI is InChI=1S/C17H25N3O2/c1-12-7-15(9-19(4)14(12)3)17-18-13(2)8-20(17)16(10-21-5)11-22-6/h7-9,16H,3,10-11H2,1-2,4-6H3. The van der Waals surface area contributed by atoms with Gasteiger partial charge in [-0.1, -0.05) is 6.58 Å². The lowest BCUT2D eigenvalue weighted by Gasteiger charge is -2.25. The summed E-state index contributed by atoms with van der Waals surface area (Å²) in [6.07, 6.45) is 6.23. The van der Waals surface area contributed by atoms with Crippen LogP contribution in [0.2, 0.25) is 0 Å². The Morgan fingerprint density at radius 1 is 1.23 bits per heavy atom. The lowest BCUT2D eigenvalue weighted by atomic mass is 10.1. The van der Waals surface area contributed by atoms with Crippen molar-refractivity contribution in [1.82, 2.24) is 14.5 Å². The van der Waals surface area contributed by atoms with Crippen molar-refractivity contribution in [2.24, 2.45) is 0 Å². The molecule has 5 heteroatoms. The molecule has 120 valence electrons. The number of imidazole rings is 1. The number of ether oxygens (including phenoxy) is 2. The Bertz CT molecular complexity index is 607. The van der Waals surface area contributed by atoms with Crippen LogP contribution in [0.25, 0.3) is 5.57 Å². The van der Waals surface area contributed by atoms with E-state index >= 15 is 0 Å². The molecule has 5 nitrogen and oxygen atoms in total. The fourth-order valence-corrected chi connectivity index (χ4v) is 2.64. The Morgan fingerprint density at radius 2 is 1.86 bits per heavy atom. The monoisotopic (exact) mass is 303 g/mol. The number of allylic oxidation sites excluding steroid dienone is 3. The van der Waals surface area contributed by atoms with Crippen LogP contribution in [0.3, 0.4) is 0 Å². The summed E-state index contributed by atoms with van der Waals surface area (Å²) in [5, 5.41) is 0. The van der Waals surface area contributed by atoms with Crippen LogP contribution in [-0.4, -0.2) is 48.9 Å². The summed E-state index contributed by atoms with van der Waals surface area (Å²) in [4.78, 5) is 6.72. The summed E-state index contributed by atoms with van der Waals surface area (Å²) < 4.78 is 12.8. The second kappa shape index (κ2) is 6.94. The summed E-state index contributed by atoms with van der Waals surface area (Å²) >= 11 is 0. The highest BCUT2D eigenvalue weighted by Crippen LogP contribution is 2.28. The second-order valence-electron chi connectivity index (χ2n) is 5.65. The van der Waals surface area contributed by atoms with E-state index in [9.17, 15) is 0 Å². The summed E-state index contributed by atoms with van der Waals surface area (Å²) in [6, 6.07) is 0.0937. The molecular weight excluding hydrogens is 278 g/mol. The van der Waals surface area contributed by atoms with Gasteiger partial charge in [0.15, 0.2) is 0 Å². The van der Waals surface area contributed by atoms with Crippen LogP contribution in [0.4, 0.5) is 0 Å². The maximum absolute atomic E-state index is 5.33. The van der Waals surface area contributed by atoms with Crippen LogP contribution in [-0.2, 0) is 9.47 Å². The van der Waals surface area contributed by atoms with E-state index in [-0.39, 0.29) is 6.04 Å². The van der Waals surface area contributed by atoms with Crippen LogP contribution < -0.4 is 0 Å². The molecule has 0 spiro atoms. The van der Waals surface area contributed by atoms with E-state index in [0.717, 1.165) is 28.4 Å². The Kier molecular flexibility index (Phi) is 5.21. The van der Waals surface area contributed by atoms with Crippen LogP contribution >= 0.6 is 0 Å². The second-order valence-corrected chi connectivity index (χ2v) is 5.65. The Hall–Kier alpha value is -1.85. The van der Waals surface area contributed by atoms with Crippen LogP contribution in [0.1, 0.15) is 24.5 Å². The van der Waals surface area contributed by atoms with Crippen molar-refractivity contribution < 1.29 is 9.47 Å². The molecule has 0 aliphatic carbocycles. The molecular formula is C17H25N3O2. The van der Waals surface area contributed by atoms with Gasteiger partial charge in [0.1, 0.15) is 5.82 Å². The van der Waals surface area contributed by atoms with E-state index < -0.39 is 0 Å². The molecule has 1 aromatic heterocycles. The van der Waals surface area contributed by atoms with Gasteiger partial charge in [-0.15, -0.1) is 0 Å². The van der Waals surface area contributed by atoms with E-state index in [1.165, 1.54) is 0 Å². The number of hydrogen-bond acceptors (Lipinski definition) is 4. The maximum Gasteiger partial charge on any atom is 0.142 e. The van der Waals surface area contributed by atoms with Gasteiger partial charge in [0.05, 0.1) is 24.9 Å². The molecule has 0 aromatic carbocycles. The van der Waals surface area contributed by atoms with Gasteiger partial charge in [0.25, 0.3) is 0 Å². The van der Waals surface area contributed by atoms with Crippen molar-refractivity contribution in [2.75, 3.05) is 34.5 Å². The molecule has 1 aliphatic rings. The third kappa shape index (κ3) is 3.31. The molecule has 0 saturated heterocycles. The molecule has 0 fully saturated rings. The highest BCUT2D eigenvalue weighted by Gasteiger charge is 2.20. The van der Waals surface area contributed by atoms with E-state index in [1.54, 1.807) is 14.2 Å². The van der Waals surface area contributed by atoms with E-state index in [0.29, 0.717) is 13.2 Å². The van der Waals surface area contributed by atoms with Crippen molar-refractivity contribution in [3.8, 4) is 0 Å².